The second-order valence-corrected chi connectivity index (χ2v) is 12.8. The van der Waals surface area contributed by atoms with E-state index >= 15 is 0 Å². The second-order valence-electron chi connectivity index (χ2n) is 12.0. The SMILES string of the molecule is CC(C)(C)OC(=O)CN1CCN(C(=O)NCCCC[C@H](NC(=O)OC(C)(C)C)C(=O)OCc2cc(Cl)nc(Cl)c2)CC1. The fourth-order valence-electron chi connectivity index (χ4n) is 4.00. The maximum absolute atomic E-state index is 12.8. The summed E-state index contributed by atoms with van der Waals surface area (Å²) in [7, 11) is 0. The minimum absolute atomic E-state index is 0.103. The average Bonchev–Trinajstić information content (AvgIpc) is 2.83. The molecule has 1 fully saturated rings. The van der Waals surface area contributed by atoms with E-state index in [1.807, 2.05) is 25.7 Å². The van der Waals surface area contributed by atoms with Crippen molar-refractivity contribution < 1.29 is 33.4 Å². The van der Waals surface area contributed by atoms with Crippen LogP contribution in [0.4, 0.5) is 9.59 Å². The van der Waals surface area contributed by atoms with E-state index in [9.17, 15) is 19.2 Å². The van der Waals surface area contributed by atoms with Crippen LogP contribution < -0.4 is 10.6 Å². The molecule has 1 aliphatic heterocycles. The van der Waals surface area contributed by atoms with E-state index in [-0.39, 0.29) is 41.9 Å². The summed E-state index contributed by atoms with van der Waals surface area (Å²) in [5.74, 6) is -0.923. The molecule has 236 valence electrons. The topological polar surface area (TPSA) is 139 Å². The predicted octanol–water partition coefficient (Wildman–Crippen LogP) is 4.16. The summed E-state index contributed by atoms with van der Waals surface area (Å²) in [6.07, 6.45) is 0.625. The van der Waals surface area contributed by atoms with Crippen molar-refractivity contribution in [1.29, 1.82) is 0 Å². The molecule has 2 rings (SSSR count). The fourth-order valence-corrected chi connectivity index (χ4v) is 4.50. The number of amides is 3. The smallest absolute Gasteiger partial charge is 0.408 e. The van der Waals surface area contributed by atoms with Crippen molar-refractivity contribution in [2.24, 2.45) is 0 Å². The minimum atomic E-state index is -0.957. The standard InChI is InChI=1S/C28H43Cl2N5O7/c1-27(2,3)41-23(36)17-34-11-13-35(14-12-34)25(38)31-10-8-7-9-20(32-26(39)42-28(4,5)6)24(37)40-18-19-15-21(29)33-22(30)16-19/h15-16,20H,7-14,17-18H2,1-6H3,(H,31,38)(H,32,39)/t20-/m0/s1. The molecule has 0 saturated carbocycles. The molecular weight excluding hydrogens is 589 g/mol. The van der Waals surface area contributed by atoms with E-state index in [0.29, 0.717) is 51.1 Å². The van der Waals surface area contributed by atoms with Gasteiger partial charge in [-0.2, -0.15) is 0 Å². The molecule has 2 N–H and O–H groups in total. The first-order valence-corrected chi connectivity index (χ1v) is 14.7. The van der Waals surface area contributed by atoms with Crippen LogP contribution in [0.3, 0.4) is 0 Å². The number of ether oxygens (including phenoxy) is 3. The number of aromatic nitrogens is 1. The number of carbonyl (C=O) groups is 4. The molecule has 1 aromatic rings. The lowest BCUT2D eigenvalue weighted by Crippen LogP contribution is -2.53. The third kappa shape index (κ3) is 14.4. The van der Waals surface area contributed by atoms with Gasteiger partial charge in [-0.15, -0.1) is 0 Å². The zero-order valence-electron chi connectivity index (χ0n) is 25.3. The molecule has 2 heterocycles. The summed E-state index contributed by atoms with van der Waals surface area (Å²) in [4.78, 5) is 57.4. The number of carbonyl (C=O) groups excluding carboxylic acids is 4. The highest BCUT2D eigenvalue weighted by molar-refractivity contribution is 6.32. The van der Waals surface area contributed by atoms with Gasteiger partial charge >= 0.3 is 24.1 Å². The summed E-state index contributed by atoms with van der Waals surface area (Å²) < 4.78 is 16.1. The van der Waals surface area contributed by atoms with Crippen molar-refractivity contribution in [3.63, 3.8) is 0 Å². The van der Waals surface area contributed by atoms with Gasteiger partial charge in [0.2, 0.25) is 0 Å². The molecule has 3 amide bonds. The third-order valence-corrected chi connectivity index (χ3v) is 6.19. The van der Waals surface area contributed by atoms with Gasteiger partial charge < -0.3 is 29.7 Å². The molecule has 14 heteroatoms. The number of urea groups is 1. The fraction of sp³-hybridized carbons (Fsp3) is 0.679. The van der Waals surface area contributed by atoms with Gasteiger partial charge in [0.15, 0.2) is 0 Å². The molecule has 0 spiro atoms. The number of rotatable bonds is 11. The highest BCUT2D eigenvalue weighted by Gasteiger charge is 2.27. The molecule has 0 unspecified atom stereocenters. The summed E-state index contributed by atoms with van der Waals surface area (Å²) in [5, 5.41) is 5.81. The van der Waals surface area contributed by atoms with Crippen LogP contribution >= 0.6 is 23.2 Å². The Morgan fingerprint density at radius 1 is 0.929 bits per heavy atom. The van der Waals surface area contributed by atoms with Crippen LogP contribution in [0.2, 0.25) is 10.3 Å². The van der Waals surface area contributed by atoms with E-state index in [0.717, 1.165) is 0 Å². The van der Waals surface area contributed by atoms with Crippen LogP contribution in [0.25, 0.3) is 0 Å². The van der Waals surface area contributed by atoms with E-state index in [4.69, 9.17) is 37.4 Å². The van der Waals surface area contributed by atoms with Gasteiger partial charge in [-0.25, -0.2) is 19.4 Å². The Morgan fingerprint density at radius 2 is 1.52 bits per heavy atom. The number of nitrogens with zero attached hydrogens (tertiary/aromatic N) is 3. The Kier molecular flexibility index (Phi) is 13.6. The number of hydrogen-bond acceptors (Lipinski definition) is 9. The average molecular weight is 633 g/mol. The number of alkyl carbamates (subject to hydrolysis) is 1. The number of pyridine rings is 1. The largest absolute Gasteiger partial charge is 0.459 e. The van der Waals surface area contributed by atoms with Gasteiger partial charge in [-0.05, 0) is 78.5 Å². The van der Waals surface area contributed by atoms with Gasteiger partial charge in [0.1, 0.15) is 34.2 Å². The second kappa shape index (κ2) is 16.1. The van der Waals surface area contributed by atoms with Crippen molar-refractivity contribution in [3.05, 3.63) is 28.0 Å². The van der Waals surface area contributed by atoms with Gasteiger partial charge in [-0.3, -0.25) is 9.69 Å². The molecular formula is C28H43Cl2N5O7. The number of esters is 2. The third-order valence-electron chi connectivity index (χ3n) is 5.81. The summed E-state index contributed by atoms with van der Waals surface area (Å²) >= 11 is 11.8. The zero-order chi connectivity index (χ0) is 31.5. The van der Waals surface area contributed by atoms with Crippen molar-refractivity contribution >= 4 is 47.3 Å². The Bertz CT molecular complexity index is 1060. The first-order valence-electron chi connectivity index (χ1n) is 14.0. The lowest BCUT2D eigenvalue weighted by molar-refractivity contribution is -0.156. The summed E-state index contributed by atoms with van der Waals surface area (Å²) in [5.41, 5.74) is -0.721. The first-order chi connectivity index (χ1) is 19.5. The minimum Gasteiger partial charge on any atom is -0.459 e. The number of unbranched alkanes of at least 4 members (excludes halogenated alkanes) is 1. The molecule has 1 aromatic heterocycles. The number of nitrogens with one attached hydrogen (secondary N) is 2. The molecule has 1 saturated heterocycles. The summed E-state index contributed by atoms with van der Waals surface area (Å²) in [6.45, 7) is 13.3. The van der Waals surface area contributed by atoms with Crippen molar-refractivity contribution in [1.82, 2.24) is 25.4 Å². The maximum atomic E-state index is 12.8. The van der Waals surface area contributed by atoms with E-state index in [1.165, 1.54) is 12.1 Å². The van der Waals surface area contributed by atoms with Gasteiger partial charge in [0, 0.05) is 32.7 Å². The Morgan fingerprint density at radius 3 is 2.10 bits per heavy atom. The lowest BCUT2D eigenvalue weighted by Gasteiger charge is -2.34. The molecule has 1 aliphatic rings. The highest BCUT2D eigenvalue weighted by atomic mass is 35.5. The highest BCUT2D eigenvalue weighted by Crippen LogP contribution is 2.16. The van der Waals surface area contributed by atoms with Gasteiger partial charge in [0.05, 0.1) is 6.54 Å². The maximum Gasteiger partial charge on any atom is 0.408 e. The van der Waals surface area contributed by atoms with Crippen LogP contribution in [-0.4, -0.2) is 95.4 Å². The van der Waals surface area contributed by atoms with Crippen molar-refractivity contribution in [2.75, 3.05) is 39.3 Å². The molecule has 42 heavy (non-hydrogen) atoms. The van der Waals surface area contributed by atoms with E-state index in [2.05, 4.69) is 15.6 Å². The first kappa shape index (κ1) is 35.4. The predicted molar refractivity (Wildman–Crippen MR) is 158 cm³/mol. The molecule has 0 radical (unpaired) electrons. The van der Waals surface area contributed by atoms with Crippen LogP contribution in [0, 0.1) is 0 Å². The molecule has 1 atom stereocenters. The van der Waals surface area contributed by atoms with Crippen LogP contribution in [0.5, 0.6) is 0 Å². The monoisotopic (exact) mass is 631 g/mol. The quantitative estimate of drug-likeness (QED) is 0.159. The van der Waals surface area contributed by atoms with Gasteiger partial charge in [-0.1, -0.05) is 23.2 Å². The zero-order valence-corrected chi connectivity index (χ0v) is 26.8. The Hall–Kier alpha value is -2.83. The van der Waals surface area contributed by atoms with Gasteiger partial charge in [0.25, 0.3) is 0 Å². The van der Waals surface area contributed by atoms with E-state index in [1.54, 1.807) is 25.7 Å². The normalized spacial score (nSPS) is 15.0. The Balaban J connectivity index is 1.78. The number of hydrogen-bond donors (Lipinski definition) is 2. The summed E-state index contributed by atoms with van der Waals surface area (Å²) in [6, 6.07) is 1.91. The molecule has 0 aromatic carbocycles. The van der Waals surface area contributed by atoms with Crippen molar-refractivity contribution in [3.8, 4) is 0 Å². The molecule has 12 nitrogen and oxygen atoms in total. The van der Waals surface area contributed by atoms with Crippen LogP contribution in [-0.2, 0) is 30.4 Å². The van der Waals surface area contributed by atoms with E-state index < -0.39 is 29.3 Å². The molecule has 0 bridgehead atoms. The van der Waals surface area contributed by atoms with Crippen LogP contribution in [0.15, 0.2) is 12.1 Å². The molecule has 0 aliphatic carbocycles. The Labute approximate surface area is 257 Å². The lowest BCUT2D eigenvalue weighted by atomic mass is 10.1. The number of halogens is 2. The number of piperazine rings is 1. The van der Waals surface area contributed by atoms with Crippen LogP contribution in [0.1, 0.15) is 66.4 Å². The van der Waals surface area contributed by atoms with Crippen molar-refractivity contribution in [2.45, 2.75) is 84.7 Å².